The van der Waals surface area contributed by atoms with Gasteiger partial charge in [-0.3, -0.25) is 10.1 Å². The maximum Gasteiger partial charge on any atom is 0.227 e. The lowest BCUT2D eigenvalue weighted by atomic mass is 9.96. The van der Waals surface area contributed by atoms with E-state index in [9.17, 15) is 4.79 Å². The number of aromatic nitrogens is 3. The third-order valence-corrected chi connectivity index (χ3v) is 4.91. The number of hydrogen-bond acceptors (Lipinski definition) is 4. The highest BCUT2D eigenvalue weighted by molar-refractivity contribution is 5.89. The molecule has 2 heterocycles. The lowest BCUT2D eigenvalue weighted by molar-refractivity contribution is -0.116. The number of rotatable bonds is 6. The van der Waals surface area contributed by atoms with Gasteiger partial charge in [-0.05, 0) is 43.8 Å². The molecule has 0 aliphatic carbocycles. The van der Waals surface area contributed by atoms with Crippen LogP contribution >= 0.6 is 0 Å². The molecule has 1 aliphatic rings. The Morgan fingerprint density at radius 3 is 2.76 bits per heavy atom. The summed E-state index contributed by atoms with van der Waals surface area (Å²) in [5, 5.41) is 10.8. The first-order valence-corrected chi connectivity index (χ1v) is 9.10. The van der Waals surface area contributed by atoms with Crippen molar-refractivity contribution in [1.82, 2.24) is 20.1 Å². The van der Waals surface area contributed by atoms with Gasteiger partial charge in [0.25, 0.3) is 0 Å². The smallest absolute Gasteiger partial charge is 0.227 e. The summed E-state index contributed by atoms with van der Waals surface area (Å²) in [4.78, 5) is 16.8. The van der Waals surface area contributed by atoms with Crippen LogP contribution in [-0.2, 0) is 11.8 Å². The summed E-state index contributed by atoms with van der Waals surface area (Å²) in [6.45, 7) is 4.16. The molecule has 1 unspecified atom stereocenters. The van der Waals surface area contributed by atoms with Gasteiger partial charge < -0.3 is 5.32 Å². The number of carbonyl (C=O) groups excluding carboxylic acids is 1. The SMILES string of the molecule is CC(CCC(=O)Nc1nc(C2CCNCC2)nn1C)c1ccccc1. The Kier molecular flexibility index (Phi) is 5.81. The monoisotopic (exact) mass is 341 g/mol. The molecular formula is C19H27N5O. The van der Waals surface area contributed by atoms with Gasteiger partial charge in [0.1, 0.15) is 0 Å². The molecule has 0 bridgehead atoms. The topological polar surface area (TPSA) is 71.8 Å². The number of benzene rings is 1. The lowest BCUT2D eigenvalue weighted by Gasteiger charge is -2.19. The summed E-state index contributed by atoms with van der Waals surface area (Å²) in [7, 11) is 1.83. The van der Waals surface area contributed by atoms with Crippen molar-refractivity contribution < 1.29 is 4.79 Å². The summed E-state index contributed by atoms with van der Waals surface area (Å²) in [6.07, 6.45) is 3.39. The van der Waals surface area contributed by atoms with Crippen LogP contribution in [0.5, 0.6) is 0 Å². The van der Waals surface area contributed by atoms with E-state index in [1.54, 1.807) is 4.68 Å². The van der Waals surface area contributed by atoms with E-state index < -0.39 is 0 Å². The van der Waals surface area contributed by atoms with E-state index in [0.29, 0.717) is 24.2 Å². The number of carbonyl (C=O) groups is 1. The van der Waals surface area contributed by atoms with Gasteiger partial charge in [0.05, 0.1) is 0 Å². The van der Waals surface area contributed by atoms with Crippen LogP contribution in [0, 0.1) is 0 Å². The number of aryl methyl sites for hydroxylation is 1. The zero-order valence-corrected chi connectivity index (χ0v) is 15.0. The normalized spacial score (nSPS) is 16.6. The Morgan fingerprint density at radius 1 is 1.32 bits per heavy atom. The van der Waals surface area contributed by atoms with E-state index in [1.165, 1.54) is 5.56 Å². The molecule has 1 aromatic heterocycles. The fourth-order valence-corrected chi connectivity index (χ4v) is 3.25. The minimum atomic E-state index is -0.00450. The summed E-state index contributed by atoms with van der Waals surface area (Å²) >= 11 is 0. The summed E-state index contributed by atoms with van der Waals surface area (Å²) < 4.78 is 1.68. The van der Waals surface area contributed by atoms with Crippen molar-refractivity contribution >= 4 is 11.9 Å². The zero-order valence-electron chi connectivity index (χ0n) is 15.0. The summed E-state index contributed by atoms with van der Waals surface area (Å²) in [5.41, 5.74) is 1.27. The number of piperidine rings is 1. The van der Waals surface area contributed by atoms with Gasteiger partial charge >= 0.3 is 0 Å². The fourth-order valence-electron chi connectivity index (χ4n) is 3.25. The molecule has 25 heavy (non-hydrogen) atoms. The van der Waals surface area contributed by atoms with E-state index in [0.717, 1.165) is 38.2 Å². The highest BCUT2D eigenvalue weighted by Gasteiger charge is 2.21. The van der Waals surface area contributed by atoms with Gasteiger partial charge in [0, 0.05) is 19.4 Å². The molecule has 1 atom stereocenters. The Morgan fingerprint density at radius 2 is 2.04 bits per heavy atom. The van der Waals surface area contributed by atoms with Gasteiger partial charge in [-0.25, -0.2) is 4.68 Å². The number of nitrogens with zero attached hydrogens (tertiary/aromatic N) is 3. The Bertz CT molecular complexity index is 691. The fraction of sp³-hybridized carbons (Fsp3) is 0.526. The van der Waals surface area contributed by atoms with Crippen LogP contribution in [0.4, 0.5) is 5.95 Å². The largest absolute Gasteiger partial charge is 0.317 e. The second-order valence-electron chi connectivity index (χ2n) is 6.84. The van der Waals surface area contributed by atoms with Crippen LogP contribution in [0.2, 0.25) is 0 Å². The van der Waals surface area contributed by atoms with Crippen LogP contribution < -0.4 is 10.6 Å². The molecule has 1 aliphatic heterocycles. The molecule has 0 saturated carbocycles. The minimum absolute atomic E-state index is 0.00450. The zero-order chi connectivity index (χ0) is 17.6. The molecule has 6 nitrogen and oxygen atoms in total. The highest BCUT2D eigenvalue weighted by Crippen LogP contribution is 2.24. The predicted molar refractivity (Wildman–Crippen MR) is 98.6 cm³/mol. The van der Waals surface area contributed by atoms with E-state index in [1.807, 2.05) is 25.2 Å². The standard InChI is InChI=1S/C19H27N5O/c1-14(15-6-4-3-5-7-15)8-9-17(25)21-19-22-18(23-24(19)2)16-10-12-20-13-11-16/h3-7,14,16,20H,8-13H2,1-2H3,(H,21,22,23,25). The van der Waals surface area contributed by atoms with Crippen molar-refractivity contribution in [2.75, 3.05) is 18.4 Å². The van der Waals surface area contributed by atoms with E-state index >= 15 is 0 Å². The van der Waals surface area contributed by atoms with Crippen LogP contribution in [0.1, 0.15) is 55.8 Å². The molecule has 1 aromatic carbocycles. The quantitative estimate of drug-likeness (QED) is 0.847. The van der Waals surface area contributed by atoms with Crippen molar-refractivity contribution in [2.45, 2.75) is 44.4 Å². The maximum absolute atomic E-state index is 12.3. The molecule has 2 aromatic rings. The van der Waals surface area contributed by atoms with Crippen molar-refractivity contribution in [3.05, 3.63) is 41.7 Å². The van der Waals surface area contributed by atoms with Gasteiger partial charge in [-0.15, -0.1) is 0 Å². The maximum atomic E-state index is 12.3. The number of hydrogen-bond donors (Lipinski definition) is 2. The molecule has 1 fully saturated rings. The van der Waals surface area contributed by atoms with Gasteiger partial charge in [-0.2, -0.15) is 10.1 Å². The minimum Gasteiger partial charge on any atom is -0.317 e. The van der Waals surface area contributed by atoms with E-state index in [-0.39, 0.29) is 5.91 Å². The lowest BCUT2D eigenvalue weighted by Crippen LogP contribution is -2.27. The summed E-state index contributed by atoms with van der Waals surface area (Å²) in [6, 6.07) is 10.3. The van der Waals surface area contributed by atoms with Gasteiger partial charge in [0.15, 0.2) is 5.82 Å². The molecule has 3 rings (SSSR count). The molecule has 1 saturated heterocycles. The van der Waals surface area contributed by atoms with Crippen LogP contribution in [0.25, 0.3) is 0 Å². The van der Waals surface area contributed by atoms with Crippen molar-refractivity contribution in [2.24, 2.45) is 7.05 Å². The first-order valence-electron chi connectivity index (χ1n) is 9.10. The second kappa shape index (κ2) is 8.25. The van der Waals surface area contributed by atoms with Crippen LogP contribution in [0.15, 0.2) is 30.3 Å². The summed E-state index contributed by atoms with van der Waals surface area (Å²) in [5.74, 6) is 2.13. The molecule has 0 spiro atoms. The molecule has 134 valence electrons. The van der Waals surface area contributed by atoms with Crippen molar-refractivity contribution in [1.29, 1.82) is 0 Å². The first-order chi connectivity index (χ1) is 12.1. The third kappa shape index (κ3) is 4.66. The van der Waals surface area contributed by atoms with Crippen LogP contribution in [-0.4, -0.2) is 33.8 Å². The van der Waals surface area contributed by atoms with Crippen molar-refractivity contribution in [3.8, 4) is 0 Å². The van der Waals surface area contributed by atoms with Crippen LogP contribution in [0.3, 0.4) is 0 Å². The number of amides is 1. The van der Waals surface area contributed by atoms with Gasteiger partial charge in [0.2, 0.25) is 11.9 Å². The molecular weight excluding hydrogens is 314 g/mol. The van der Waals surface area contributed by atoms with E-state index in [4.69, 9.17) is 0 Å². The average molecular weight is 341 g/mol. The number of nitrogens with one attached hydrogen (secondary N) is 2. The Balaban J connectivity index is 1.53. The van der Waals surface area contributed by atoms with Gasteiger partial charge in [-0.1, -0.05) is 37.3 Å². The highest BCUT2D eigenvalue weighted by atomic mass is 16.1. The Labute approximate surface area is 149 Å². The second-order valence-corrected chi connectivity index (χ2v) is 6.84. The molecule has 1 amide bonds. The van der Waals surface area contributed by atoms with Crippen molar-refractivity contribution in [3.63, 3.8) is 0 Å². The molecule has 0 radical (unpaired) electrons. The first kappa shape index (κ1) is 17.6. The van der Waals surface area contributed by atoms with E-state index in [2.05, 4.69) is 39.8 Å². The average Bonchev–Trinajstić information content (AvgIpc) is 3.01. The Hall–Kier alpha value is -2.21. The molecule has 6 heteroatoms. The third-order valence-electron chi connectivity index (χ3n) is 4.91. The molecule has 2 N–H and O–H groups in total. The number of anilines is 1. The predicted octanol–water partition coefficient (Wildman–Crippen LogP) is 2.80.